The maximum absolute atomic E-state index is 11.3. The molecule has 160 valence electrons. The number of nitrogens with one attached hydrogen (secondary N) is 4. The van der Waals surface area contributed by atoms with Crippen molar-refractivity contribution in [1.29, 1.82) is 10.8 Å². The van der Waals surface area contributed by atoms with Gasteiger partial charge in [-0.3, -0.25) is 31.0 Å². The molecule has 0 spiro atoms. The number of aromatic nitrogens is 4. The van der Waals surface area contributed by atoms with Crippen LogP contribution in [0.1, 0.15) is 21.0 Å². The van der Waals surface area contributed by atoms with Gasteiger partial charge in [0.2, 0.25) is 0 Å². The maximum Gasteiger partial charge on any atom is 0.280 e. The fraction of sp³-hybridized carbons (Fsp3) is 0. The van der Waals surface area contributed by atoms with Crippen LogP contribution in [0.3, 0.4) is 0 Å². The molecule has 18 heteroatoms. The van der Waals surface area contributed by atoms with Crippen molar-refractivity contribution in [2.45, 2.75) is 0 Å². The van der Waals surface area contributed by atoms with E-state index in [9.17, 15) is 9.59 Å². The predicted octanol–water partition coefficient (Wildman–Crippen LogP) is -2.16. The molecule has 0 aliphatic heterocycles. The average molecular weight is 459 g/mol. The van der Waals surface area contributed by atoms with E-state index in [2.05, 4.69) is 19.9 Å². The van der Waals surface area contributed by atoms with E-state index in [0.717, 1.165) is 0 Å². The van der Waals surface area contributed by atoms with Crippen LogP contribution in [0, 0.1) is 10.8 Å². The molecule has 0 atom stereocenters. The summed E-state index contributed by atoms with van der Waals surface area (Å²) < 4.78 is 0. The monoisotopic (exact) mass is 458 g/mol. The predicted molar refractivity (Wildman–Crippen MR) is 110 cm³/mol. The van der Waals surface area contributed by atoms with Crippen LogP contribution in [0.5, 0.6) is 0 Å². The Kier molecular flexibility index (Phi) is 7.83. The fourth-order valence-electron chi connectivity index (χ4n) is 1.58. The zero-order valence-electron chi connectivity index (χ0n) is 14.8. The van der Waals surface area contributed by atoms with Gasteiger partial charge in [-0.05, 0) is 0 Å². The Morgan fingerprint density at radius 1 is 0.667 bits per heavy atom. The molecule has 2 rings (SSSR count). The highest BCUT2D eigenvalue weighted by Crippen LogP contribution is 2.17. The van der Waals surface area contributed by atoms with E-state index in [-0.39, 0.29) is 45.0 Å². The SMILES string of the molecule is N=C(N)NC(=O)c1nc(Cl)c(N)nc1N.N=C(N)NC(=O)c1nc(Cl)c(N)nc1N. The van der Waals surface area contributed by atoms with E-state index in [0.29, 0.717) is 0 Å². The molecular formula is C12H16Cl2N14O2. The van der Waals surface area contributed by atoms with Gasteiger partial charge >= 0.3 is 0 Å². The zero-order chi connectivity index (χ0) is 23.2. The molecule has 0 aliphatic carbocycles. The number of guanidine groups is 2. The smallest absolute Gasteiger partial charge is 0.280 e. The normalized spacial score (nSPS) is 9.67. The van der Waals surface area contributed by atoms with Crippen molar-refractivity contribution < 1.29 is 9.59 Å². The van der Waals surface area contributed by atoms with Crippen LogP contribution in [0.25, 0.3) is 0 Å². The molecular weight excluding hydrogens is 443 g/mol. The number of nitrogens with two attached hydrogens (primary N) is 6. The van der Waals surface area contributed by atoms with Gasteiger partial charge in [-0.25, -0.2) is 19.9 Å². The van der Waals surface area contributed by atoms with Crippen molar-refractivity contribution in [3.63, 3.8) is 0 Å². The summed E-state index contributed by atoms with van der Waals surface area (Å²) in [6, 6.07) is 0. The van der Waals surface area contributed by atoms with E-state index < -0.39 is 23.7 Å². The van der Waals surface area contributed by atoms with E-state index in [1.165, 1.54) is 0 Å². The molecule has 30 heavy (non-hydrogen) atoms. The molecule has 0 unspecified atom stereocenters. The summed E-state index contributed by atoms with van der Waals surface area (Å²) in [4.78, 5) is 37.1. The second-order valence-corrected chi connectivity index (χ2v) is 5.72. The number of hydrogen-bond acceptors (Lipinski definition) is 12. The number of halogens is 2. The molecule has 0 aliphatic rings. The number of rotatable bonds is 2. The molecule has 2 aromatic heterocycles. The number of amides is 2. The molecule has 16 nitrogen and oxygen atoms in total. The van der Waals surface area contributed by atoms with Gasteiger partial charge in [0.1, 0.15) is 0 Å². The van der Waals surface area contributed by atoms with Gasteiger partial charge in [0.15, 0.2) is 56.9 Å². The number of carbonyl (C=O) groups excluding carboxylic acids is 2. The Bertz CT molecular complexity index is 945. The van der Waals surface area contributed by atoms with Crippen LogP contribution >= 0.6 is 23.2 Å². The Morgan fingerprint density at radius 3 is 1.23 bits per heavy atom. The largest absolute Gasteiger partial charge is 0.382 e. The lowest BCUT2D eigenvalue weighted by Gasteiger charge is -2.05. The van der Waals surface area contributed by atoms with Gasteiger partial charge < -0.3 is 34.4 Å². The Labute approximate surface area is 177 Å². The summed E-state index contributed by atoms with van der Waals surface area (Å²) in [7, 11) is 0. The van der Waals surface area contributed by atoms with Crippen LogP contribution < -0.4 is 45.0 Å². The number of carbonyl (C=O) groups is 2. The van der Waals surface area contributed by atoms with Crippen molar-refractivity contribution in [2.24, 2.45) is 11.5 Å². The number of nitrogens with zero attached hydrogens (tertiary/aromatic N) is 4. The van der Waals surface area contributed by atoms with Gasteiger partial charge in [-0.1, -0.05) is 23.2 Å². The third-order valence-corrected chi connectivity index (χ3v) is 3.29. The van der Waals surface area contributed by atoms with Crippen LogP contribution in [0.15, 0.2) is 0 Å². The summed E-state index contributed by atoms with van der Waals surface area (Å²) in [6.45, 7) is 0. The highest BCUT2D eigenvalue weighted by molar-refractivity contribution is 6.32. The molecule has 0 radical (unpaired) electrons. The molecule has 2 heterocycles. The summed E-state index contributed by atoms with van der Waals surface area (Å²) in [5.74, 6) is -3.12. The van der Waals surface area contributed by atoms with Crippen LogP contribution in [-0.2, 0) is 0 Å². The molecule has 2 amide bonds. The fourth-order valence-corrected chi connectivity index (χ4v) is 1.83. The minimum Gasteiger partial charge on any atom is -0.382 e. The standard InChI is InChI=1S/2C6H8ClN7O/c2*7-2-4(9)13-3(8)1(12-2)5(15)14-6(10)11/h2*(H4,8,9,13)(H4,10,11,14,15). The number of nitrogen functional groups attached to an aromatic ring is 4. The van der Waals surface area contributed by atoms with E-state index in [1.54, 1.807) is 0 Å². The summed E-state index contributed by atoms with van der Waals surface area (Å²) in [5.41, 5.74) is 30.8. The Hall–Kier alpha value is -4.18. The first-order valence-electron chi connectivity index (χ1n) is 7.31. The van der Waals surface area contributed by atoms with Gasteiger partial charge in [-0.15, -0.1) is 0 Å². The van der Waals surface area contributed by atoms with Crippen molar-refractivity contribution in [2.75, 3.05) is 22.9 Å². The van der Waals surface area contributed by atoms with Crippen molar-refractivity contribution in [1.82, 2.24) is 30.6 Å². The number of anilines is 4. The first-order valence-corrected chi connectivity index (χ1v) is 8.06. The van der Waals surface area contributed by atoms with Crippen molar-refractivity contribution in [3.8, 4) is 0 Å². The first-order chi connectivity index (χ1) is 13.8. The minimum absolute atomic E-state index is 0.0754. The minimum atomic E-state index is -0.769. The zero-order valence-corrected chi connectivity index (χ0v) is 16.3. The van der Waals surface area contributed by atoms with E-state index in [1.807, 2.05) is 10.6 Å². The molecule has 0 aromatic carbocycles. The van der Waals surface area contributed by atoms with Gasteiger partial charge in [-0.2, -0.15) is 0 Å². The highest BCUT2D eigenvalue weighted by Gasteiger charge is 2.17. The maximum atomic E-state index is 11.3. The Morgan fingerprint density at radius 2 is 0.967 bits per heavy atom. The van der Waals surface area contributed by atoms with Crippen LogP contribution in [0.2, 0.25) is 10.3 Å². The lowest BCUT2D eigenvalue weighted by Crippen LogP contribution is -2.36. The second kappa shape index (κ2) is 9.85. The average Bonchev–Trinajstić information content (AvgIpc) is 2.60. The van der Waals surface area contributed by atoms with Crippen LogP contribution in [-0.4, -0.2) is 43.7 Å². The van der Waals surface area contributed by atoms with Crippen molar-refractivity contribution in [3.05, 3.63) is 21.7 Å². The lowest BCUT2D eigenvalue weighted by molar-refractivity contribution is 0.0963. The quantitative estimate of drug-likeness (QED) is 0.169. The molecule has 0 saturated carbocycles. The lowest BCUT2D eigenvalue weighted by atomic mass is 10.4. The Balaban J connectivity index is 0.000000300. The van der Waals surface area contributed by atoms with Gasteiger partial charge in [0.25, 0.3) is 11.8 Å². The summed E-state index contributed by atoms with van der Waals surface area (Å²) in [6.07, 6.45) is 0. The summed E-state index contributed by atoms with van der Waals surface area (Å²) >= 11 is 11.1. The van der Waals surface area contributed by atoms with Crippen LogP contribution in [0.4, 0.5) is 23.3 Å². The first kappa shape index (κ1) is 23.9. The van der Waals surface area contributed by atoms with E-state index in [4.69, 9.17) is 68.4 Å². The van der Waals surface area contributed by atoms with E-state index >= 15 is 0 Å². The molecule has 2 aromatic rings. The van der Waals surface area contributed by atoms with Gasteiger partial charge in [0, 0.05) is 0 Å². The number of hydrogen-bond donors (Lipinski definition) is 10. The van der Waals surface area contributed by atoms with Crippen molar-refractivity contribution >= 4 is 70.2 Å². The molecule has 0 bridgehead atoms. The second-order valence-electron chi connectivity index (χ2n) is 5.00. The summed E-state index contributed by atoms with van der Waals surface area (Å²) in [5, 5.41) is 17.4. The third kappa shape index (κ3) is 6.46. The third-order valence-electron chi connectivity index (χ3n) is 2.74. The topological polar surface area (TPSA) is 314 Å². The molecule has 0 fully saturated rings. The van der Waals surface area contributed by atoms with Gasteiger partial charge in [0.05, 0.1) is 0 Å². The molecule has 16 N–H and O–H groups in total. The highest BCUT2D eigenvalue weighted by atomic mass is 35.5. The molecule has 0 saturated heterocycles.